The Balaban J connectivity index is 0.000000423. The van der Waals surface area contributed by atoms with Crippen LogP contribution in [0.4, 0.5) is 0 Å². The Bertz CT molecular complexity index is 501. The van der Waals surface area contributed by atoms with Crippen LogP contribution < -0.4 is 15.9 Å². The van der Waals surface area contributed by atoms with Gasteiger partial charge in [-0.25, -0.2) is 0 Å². The number of amides is 1. The topological polar surface area (TPSA) is 195 Å². The number of carbonyl (C=O) groups is 2. The molecule has 1 atom stereocenters. The molecule has 0 saturated carbocycles. The van der Waals surface area contributed by atoms with Gasteiger partial charge in [0, 0.05) is 14.1 Å². The molecular weight excluding hydrogens is 307 g/mol. The van der Waals surface area contributed by atoms with Crippen LogP contribution in [0.15, 0.2) is 4.76 Å². The van der Waals surface area contributed by atoms with Crippen molar-refractivity contribution in [2.24, 2.45) is 10.5 Å². The number of nitrogens with one attached hydrogen (secondary N) is 2. The van der Waals surface area contributed by atoms with Crippen molar-refractivity contribution < 1.29 is 29.0 Å². The van der Waals surface area contributed by atoms with E-state index >= 15 is 0 Å². The zero-order chi connectivity index (χ0) is 16.8. The number of hydrogen-bond donors (Lipinski definition) is 5. The number of guanidine groups is 2. The van der Waals surface area contributed by atoms with Gasteiger partial charge in [-0.1, -0.05) is 0 Å². The monoisotopic (exact) mass is 323 g/mol. The fourth-order valence-electron chi connectivity index (χ4n) is 1.05. The molecule has 0 bridgehead atoms. The summed E-state index contributed by atoms with van der Waals surface area (Å²) in [5, 5.41) is 17.6. The smallest absolute Gasteiger partial charge is 0.323 e. The van der Waals surface area contributed by atoms with Crippen LogP contribution in [0.5, 0.6) is 0 Å². The molecule has 1 fully saturated rings. The maximum absolute atomic E-state index is 10.4. The molecule has 6 N–H and O–H groups in total. The summed E-state index contributed by atoms with van der Waals surface area (Å²) in [4.78, 5) is 41.3. The van der Waals surface area contributed by atoms with E-state index in [4.69, 9.17) is 21.1 Å². The number of likely N-dealkylation sites (N-methyl/N-ethyl adjacent to an activating group) is 2. The van der Waals surface area contributed by atoms with Crippen molar-refractivity contribution in [3.63, 3.8) is 0 Å². The van der Waals surface area contributed by atoms with Gasteiger partial charge in [0.05, 0.1) is 6.54 Å². The number of nitrogens with two attached hydrogens (primary N) is 1. The van der Waals surface area contributed by atoms with Crippen molar-refractivity contribution in [3.8, 4) is 0 Å². The number of aliphatic carboxylic acids is 1. The van der Waals surface area contributed by atoms with Gasteiger partial charge >= 0.3 is 5.97 Å². The molecule has 12 nitrogen and oxygen atoms in total. The summed E-state index contributed by atoms with van der Waals surface area (Å²) >= 11 is 0. The molecule has 1 amide bonds. The second kappa shape index (κ2) is 7.57. The van der Waals surface area contributed by atoms with Crippen LogP contribution in [0.2, 0.25) is 0 Å². The van der Waals surface area contributed by atoms with Gasteiger partial charge in [0.25, 0.3) is 7.75 Å². The Labute approximate surface area is 120 Å². The SMILES string of the molecule is CN(CC(=O)O)C(N)=NP(=O)([O-])O.CN1CC(=O)NC1=N. The fourth-order valence-corrected chi connectivity index (χ4v) is 1.46. The summed E-state index contributed by atoms with van der Waals surface area (Å²) in [6.07, 6.45) is 0. The number of carbonyl (C=O) groups excluding carboxylic acids is 1. The standard InChI is InChI=1S/C4H10N3O5P.C4H7N3O/c1-7(2-3(8)9)4(5)6-13(10,11)12;1-7-2-3(8)6-4(7)5/h2H2,1H3,(H,8,9)(H4,5,6,10,11,12);2H2,1H3,(H2,5,6,8)/p-1. The molecule has 1 aliphatic rings. The predicted molar refractivity (Wildman–Crippen MR) is 70.2 cm³/mol. The summed E-state index contributed by atoms with van der Waals surface area (Å²) < 4.78 is 12.8. The third kappa shape index (κ3) is 8.57. The van der Waals surface area contributed by atoms with Crippen LogP contribution in [-0.2, 0) is 14.2 Å². The lowest BCUT2D eigenvalue weighted by atomic mass is 10.6. The lowest BCUT2D eigenvalue weighted by Gasteiger charge is -2.17. The number of carboxylic acid groups (broad SMARTS) is 1. The van der Waals surface area contributed by atoms with Gasteiger partial charge < -0.3 is 30.4 Å². The highest BCUT2D eigenvalue weighted by molar-refractivity contribution is 7.49. The van der Waals surface area contributed by atoms with Gasteiger partial charge in [-0.05, 0) is 0 Å². The van der Waals surface area contributed by atoms with Crippen LogP contribution in [0.3, 0.4) is 0 Å². The van der Waals surface area contributed by atoms with Crippen LogP contribution in [0.1, 0.15) is 0 Å². The van der Waals surface area contributed by atoms with E-state index in [0.29, 0.717) is 6.54 Å². The van der Waals surface area contributed by atoms with E-state index in [-0.39, 0.29) is 11.9 Å². The first-order valence-corrected chi connectivity index (χ1v) is 6.87. The average molecular weight is 323 g/mol. The molecule has 0 aromatic rings. The molecule has 0 aliphatic carbocycles. The minimum atomic E-state index is -4.84. The number of hydrogen-bond acceptors (Lipinski definition) is 5. The summed E-state index contributed by atoms with van der Waals surface area (Å²) in [5.41, 5.74) is 5.03. The van der Waals surface area contributed by atoms with Gasteiger partial charge in [-0.2, -0.15) is 4.76 Å². The number of nitrogens with zero attached hydrogens (tertiary/aromatic N) is 3. The molecule has 0 aromatic carbocycles. The predicted octanol–water partition coefficient (Wildman–Crippen LogP) is -3.24. The molecule has 21 heavy (non-hydrogen) atoms. The normalized spacial score (nSPS) is 17.5. The third-order valence-corrected chi connectivity index (χ3v) is 2.47. The van der Waals surface area contributed by atoms with Gasteiger partial charge in [-0.15, -0.1) is 0 Å². The molecule has 13 heteroatoms. The highest BCUT2D eigenvalue weighted by atomic mass is 31.2. The first-order valence-electron chi connectivity index (χ1n) is 5.34. The fraction of sp³-hybridized carbons (Fsp3) is 0.500. The zero-order valence-electron chi connectivity index (χ0n) is 11.3. The van der Waals surface area contributed by atoms with Crippen LogP contribution >= 0.6 is 7.75 Å². The first kappa shape index (κ1) is 18.8. The number of carboxylic acids is 1. The quantitative estimate of drug-likeness (QED) is 0.201. The summed E-state index contributed by atoms with van der Waals surface area (Å²) in [7, 11) is -1.92. The first-order chi connectivity index (χ1) is 9.42. The molecule has 1 unspecified atom stereocenters. The highest BCUT2D eigenvalue weighted by Gasteiger charge is 2.18. The van der Waals surface area contributed by atoms with E-state index in [9.17, 15) is 19.0 Å². The molecular formula is C8H16N6O6P-. The van der Waals surface area contributed by atoms with E-state index in [1.165, 1.54) is 7.05 Å². The molecule has 0 radical (unpaired) electrons. The van der Waals surface area contributed by atoms with Crippen molar-refractivity contribution >= 4 is 31.5 Å². The van der Waals surface area contributed by atoms with E-state index in [1.807, 2.05) is 0 Å². The molecule has 0 aromatic heterocycles. The molecule has 1 aliphatic heterocycles. The van der Waals surface area contributed by atoms with Crippen LogP contribution in [-0.4, -0.2) is 70.8 Å². The van der Waals surface area contributed by atoms with Crippen molar-refractivity contribution in [1.82, 2.24) is 15.1 Å². The van der Waals surface area contributed by atoms with Crippen molar-refractivity contribution in [2.45, 2.75) is 0 Å². The minimum absolute atomic E-state index is 0.0995. The number of rotatable bonds is 3. The minimum Gasteiger partial charge on any atom is -0.760 e. The van der Waals surface area contributed by atoms with Gasteiger partial charge in [0.2, 0.25) is 5.91 Å². The zero-order valence-corrected chi connectivity index (χ0v) is 12.2. The Kier molecular flexibility index (Phi) is 6.79. The van der Waals surface area contributed by atoms with Gasteiger partial charge in [0.15, 0.2) is 11.9 Å². The van der Waals surface area contributed by atoms with Crippen LogP contribution in [0.25, 0.3) is 0 Å². The maximum Gasteiger partial charge on any atom is 0.323 e. The van der Waals surface area contributed by atoms with Gasteiger partial charge in [-0.3, -0.25) is 24.9 Å². The lowest BCUT2D eigenvalue weighted by Crippen LogP contribution is -2.37. The molecule has 1 rings (SSSR count). The van der Waals surface area contributed by atoms with Crippen molar-refractivity contribution in [2.75, 3.05) is 27.2 Å². The summed E-state index contributed by atoms with van der Waals surface area (Å²) in [6.45, 7) is -0.186. The van der Waals surface area contributed by atoms with E-state index in [0.717, 1.165) is 4.90 Å². The highest BCUT2D eigenvalue weighted by Crippen LogP contribution is 2.30. The molecule has 1 heterocycles. The van der Waals surface area contributed by atoms with Crippen molar-refractivity contribution in [3.05, 3.63) is 0 Å². The van der Waals surface area contributed by atoms with E-state index < -0.39 is 26.2 Å². The van der Waals surface area contributed by atoms with Crippen molar-refractivity contribution in [1.29, 1.82) is 5.41 Å². The Morgan fingerprint density at radius 1 is 1.71 bits per heavy atom. The summed E-state index contributed by atoms with van der Waals surface area (Å²) in [6, 6.07) is 0. The maximum atomic E-state index is 10.4. The molecule has 120 valence electrons. The largest absolute Gasteiger partial charge is 0.760 e. The molecule has 1 saturated heterocycles. The van der Waals surface area contributed by atoms with E-state index in [1.54, 1.807) is 11.9 Å². The second-order valence-electron chi connectivity index (χ2n) is 3.95. The lowest BCUT2D eigenvalue weighted by molar-refractivity contribution is -0.193. The Morgan fingerprint density at radius 2 is 2.24 bits per heavy atom. The Morgan fingerprint density at radius 3 is 2.48 bits per heavy atom. The van der Waals surface area contributed by atoms with E-state index in [2.05, 4.69) is 10.1 Å². The second-order valence-corrected chi connectivity index (χ2v) is 5.13. The average Bonchev–Trinajstić information content (AvgIpc) is 2.53. The van der Waals surface area contributed by atoms with Gasteiger partial charge in [0.1, 0.15) is 6.54 Å². The third-order valence-electron chi connectivity index (χ3n) is 2.01. The Hall–Kier alpha value is -2.17. The van der Waals surface area contributed by atoms with Crippen LogP contribution in [0, 0.1) is 5.41 Å². The summed E-state index contributed by atoms with van der Waals surface area (Å²) in [5.74, 6) is -1.69. The molecule has 0 spiro atoms.